The van der Waals surface area contributed by atoms with Crippen LogP contribution in [0.15, 0.2) is 48.5 Å². The van der Waals surface area contributed by atoms with Crippen molar-refractivity contribution in [2.24, 2.45) is 0 Å². The van der Waals surface area contributed by atoms with Crippen LogP contribution < -0.4 is 10.1 Å². The third-order valence-corrected chi connectivity index (χ3v) is 5.67. The second-order valence-corrected chi connectivity index (χ2v) is 9.01. The first-order valence-corrected chi connectivity index (χ1v) is 11.8. The molecule has 0 saturated heterocycles. The molecule has 164 valence electrons. The minimum Gasteiger partial charge on any atom is -0.493 e. The predicted octanol–water partition coefficient (Wildman–Crippen LogP) is 3.13. The number of carbonyl (C=O) groups is 1. The molecule has 0 radical (unpaired) electrons. The summed E-state index contributed by atoms with van der Waals surface area (Å²) >= 11 is 0. The molecule has 0 saturated carbocycles. The van der Waals surface area contributed by atoms with E-state index in [4.69, 9.17) is 4.74 Å². The first kappa shape index (κ1) is 23.8. The molecular weight excluding hydrogens is 407 g/mol. The summed E-state index contributed by atoms with van der Waals surface area (Å²) in [4.78, 5) is 12.3. The third kappa shape index (κ3) is 7.76. The summed E-state index contributed by atoms with van der Waals surface area (Å²) in [5, 5.41) is 2.74. The second-order valence-electron chi connectivity index (χ2n) is 7.03. The predicted molar refractivity (Wildman–Crippen MR) is 115 cm³/mol. The summed E-state index contributed by atoms with van der Waals surface area (Å²) in [5.74, 6) is -0.0818. The Kier molecular flexibility index (Phi) is 9.26. The summed E-state index contributed by atoms with van der Waals surface area (Å²) in [6.07, 6.45) is 3.35. The molecule has 0 aliphatic rings. The van der Waals surface area contributed by atoms with Gasteiger partial charge in [0.05, 0.1) is 19.4 Å². The molecule has 0 bridgehead atoms. The molecule has 0 unspecified atom stereocenters. The summed E-state index contributed by atoms with van der Waals surface area (Å²) in [5.41, 5.74) is 1.29. The molecule has 1 N–H and O–H groups in total. The van der Waals surface area contributed by atoms with Crippen LogP contribution in [0.3, 0.4) is 0 Å². The Morgan fingerprint density at radius 1 is 1.10 bits per heavy atom. The van der Waals surface area contributed by atoms with E-state index in [-0.39, 0.29) is 18.7 Å². The molecule has 0 aliphatic carbocycles. The summed E-state index contributed by atoms with van der Waals surface area (Å²) < 4.78 is 44.6. The van der Waals surface area contributed by atoms with E-state index in [1.807, 2.05) is 31.2 Å². The molecule has 2 aromatic carbocycles. The van der Waals surface area contributed by atoms with Crippen LogP contribution in [-0.2, 0) is 27.8 Å². The lowest BCUT2D eigenvalue weighted by Gasteiger charge is -2.20. The van der Waals surface area contributed by atoms with Gasteiger partial charge in [-0.15, -0.1) is 0 Å². The fourth-order valence-electron chi connectivity index (χ4n) is 2.89. The number of nitrogens with one attached hydrogen (secondary N) is 1. The van der Waals surface area contributed by atoms with Gasteiger partial charge >= 0.3 is 0 Å². The van der Waals surface area contributed by atoms with Gasteiger partial charge in [-0.05, 0) is 37.0 Å². The van der Waals surface area contributed by atoms with Crippen molar-refractivity contribution in [3.63, 3.8) is 0 Å². The van der Waals surface area contributed by atoms with Crippen molar-refractivity contribution >= 4 is 15.9 Å². The van der Waals surface area contributed by atoms with Crippen LogP contribution in [0.2, 0.25) is 0 Å². The maximum atomic E-state index is 13.9. The molecular formula is C22H29FN2O4S. The fraction of sp³-hybridized carbons (Fsp3) is 0.409. The van der Waals surface area contributed by atoms with Gasteiger partial charge in [-0.2, -0.15) is 4.31 Å². The van der Waals surface area contributed by atoms with Crippen LogP contribution >= 0.6 is 0 Å². The Bertz CT molecular complexity index is 934. The van der Waals surface area contributed by atoms with E-state index in [1.54, 1.807) is 6.07 Å². The van der Waals surface area contributed by atoms with E-state index in [9.17, 15) is 17.6 Å². The van der Waals surface area contributed by atoms with Crippen molar-refractivity contribution in [3.05, 3.63) is 65.5 Å². The Hall–Kier alpha value is -2.45. The maximum Gasteiger partial charge on any atom is 0.235 e. The van der Waals surface area contributed by atoms with Gasteiger partial charge in [0.25, 0.3) is 0 Å². The maximum absolute atomic E-state index is 13.9. The molecule has 0 heterocycles. The van der Waals surface area contributed by atoms with Gasteiger partial charge in [0.15, 0.2) is 0 Å². The van der Waals surface area contributed by atoms with Crippen molar-refractivity contribution in [1.82, 2.24) is 9.62 Å². The van der Waals surface area contributed by atoms with Crippen molar-refractivity contribution in [2.75, 3.05) is 26.0 Å². The van der Waals surface area contributed by atoms with Crippen molar-refractivity contribution < 1.29 is 22.3 Å². The fourth-order valence-corrected chi connectivity index (χ4v) is 3.62. The normalized spacial score (nSPS) is 11.5. The first-order valence-electron chi connectivity index (χ1n) is 9.97. The number of halogens is 1. The van der Waals surface area contributed by atoms with Gasteiger partial charge < -0.3 is 10.1 Å². The van der Waals surface area contributed by atoms with Crippen LogP contribution in [-0.4, -0.2) is 44.6 Å². The number of hydrogen-bond acceptors (Lipinski definition) is 4. The Balaban J connectivity index is 1.86. The van der Waals surface area contributed by atoms with Gasteiger partial charge in [0.1, 0.15) is 11.6 Å². The zero-order valence-electron chi connectivity index (χ0n) is 17.4. The van der Waals surface area contributed by atoms with Gasteiger partial charge in [-0.25, -0.2) is 12.8 Å². The topological polar surface area (TPSA) is 75.7 Å². The monoisotopic (exact) mass is 436 g/mol. The van der Waals surface area contributed by atoms with E-state index in [0.29, 0.717) is 19.6 Å². The molecule has 0 atom stereocenters. The molecule has 0 fully saturated rings. The zero-order valence-corrected chi connectivity index (χ0v) is 18.3. The largest absolute Gasteiger partial charge is 0.493 e. The third-order valence-electron chi connectivity index (χ3n) is 4.47. The number of rotatable bonds is 12. The van der Waals surface area contributed by atoms with E-state index >= 15 is 0 Å². The molecule has 0 aliphatic heterocycles. The summed E-state index contributed by atoms with van der Waals surface area (Å²) in [7, 11) is -3.67. The highest BCUT2D eigenvalue weighted by atomic mass is 32.2. The van der Waals surface area contributed by atoms with E-state index in [0.717, 1.165) is 34.7 Å². The molecule has 0 aromatic heterocycles. The minimum atomic E-state index is -3.67. The van der Waals surface area contributed by atoms with Gasteiger partial charge in [-0.3, -0.25) is 4.79 Å². The van der Waals surface area contributed by atoms with Crippen LogP contribution in [0.4, 0.5) is 4.39 Å². The van der Waals surface area contributed by atoms with E-state index in [2.05, 4.69) is 5.32 Å². The highest BCUT2D eigenvalue weighted by Crippen LogP contribution is 2.19. The van der Waals surface area contributed by atoms with Crippen LogP contribution in [0, 0.1) is 5.82 Å². The van der Waals surface area contributed by atoms with Crippen molar-refractivity contribution in [1.29, 1.82) is 0 Å². The van der Waals surface area contributed by atoms with E-state index < -0.39 is 21.7 Å². The van der Waals surface area contributed by atoms with E-state index in [1.165, 1.54) is 18.2 Å². The number of para-hydroxylation sites is 1. The molecule has 30 heavy (non-hydrogen) atoms. The minimum absolute atomic E-state index is 0.193. The van der Waals surface area contributed by atoms with Gasteiger partial charge in [0.2, 0.25) is 15.9 Å². The second kappa shape index (κ2) is 11.7. The average Bonchev–Trinajstić information content (AvgIpc) is 2.70. The van der Waals surface area contributed by atoms with Crippen molar-refractivity contribution in [3.8, 4) is 5.75 Å². The number of benzene rings is 2. The molecule has 1 amide bonds. The average molecular weight is 437 g/mol. The SMILES string of the molecule is CCCOc1ccccc1CCCNC(=O)CN(Cc1ccccc1F)S(C)(=O)=O. The Labute approximate surface area is 178 Å². The smallest absolute Gasteiger partial charge is 0.235 e. The van der Waals surface area contributed by atoms with Crippen LogP contribution in [0.1, 0.15) is 30.9 Å². The lowest BCUT2D eigenvalue weighted by atomic mass is 10.1. The molecule has 0 spiro atoms. The number of nitrogens with zero attached hydrogens (tertiary/aromatic N) is 1. The molecule has 2 aromatic rings. The lowest BCUT2D eigenvalue weighted by Crippen LogP contribution is -2.40. The number of amides is 1. The number of ether oxygens (including phenoxy) is 1. The Morgan fingerprint density at radius 2 is 1.77 bits per heavy atom. The number of aryl methyl sites for hydroxylation is 1. The van der Waals surface area contributed by atoms with Gasteiger partial charge in [0, 0.05) is 18.7 Å². The molecule has 2 rings (SSSR count). The lowest BCUT2D eigenvalue weighted by molar-refractivity contribution is -0.121. The molecule has 8 heteroatoms. The van der Waals surface area contributed by atoms with Gasteiger partial charge in [-0.1, -0.05) is 43.3 Å². The zero-order chi connectivity index (χ0) is 22.0. The standard InChI is InChI=1S/C22H29FN2O4S/c1-3-15-29-21-13-7-5-9-18(21)11-8-14-24-22(26)17-25(30(2,27)28)16-19-10-4-6-12-20(19)23/h4-7,9-10,12-13H,3,8,11,14-17H2,1-2H3,(H,24,26). The summed E-state index contributed by atoms with van der Waals surface area (Å²) in [6.45, 7) is 2.55. The van der Waals surface area contributed by atoms with Crippen LogP contribution in [0.5, 0.6) is 5.75 Å². The highest BCUT2D eigenvalue weighted by molar-refractivity contribution is 7.88. The number of hydrogen-bond donors (Lipinski definition) is 1. The summed E-state index contributed by atoms with van der Waals surface area (Å²) in [6, 6.07) is 13.7. The number of carbonyl (C=O) groups excluding carboxylic acids is 1. The Morgan fingerprint density at radius 3 is 2.43 bits per heavy atom. The number of sulfonamides is 1. The van der Waals surface area contributed by atoms with Crippen LogP contribution in [0.25, 0.3) is 0 Å². The quantitative estimate of drug-likeness (QED) is 0.519. The first-order chi connectivity index (χ1) is 14.3. The molecule has 6 nitrogen and oxygen atoms in total. The highest BCUT2D eigenvalue weighted by Gasteiger charge is 2.21. The van der Waals surface area contributed by atoms with Crippen molar-refractivity contribution in [2.45, 2.75) is 32.7 Å².